The molecule has 0 bridgehead atoms. The molecule has 0 heterocycles. The molecule has 3 heteroatoms. The van der Waals surface area contributed by atoms with E-state index in [1.54, 1.807) is 0 Å². The SMILES string of the molecule is CCNC(c1ccc(Cl)cc1Br)C1CCCCC1. The van der Waals surface area contributed by atoms with Gasteiger partial charge in [0.15, 0.2) is 0 Å². The Morgan fingerprint density at radius 3 is 2.67 bits per heavy atom. The van der Waals surface area contributed by atoms with Gasteiger partial charge in [0.05, 0.1) is 0 Å². The molecule has 2 rings (SSSR count). The Kier molecular flexibility index (Phi) is 5.53. The van der Waals surface area contributed by atoms with Crippen molar-refractivity contribution in [2.75, 3.05) is 6.54 Å². The fraction of sp³-hybridized carbons (Fsp3) is 0.600. The summed E-state index contributed by atoms with van der Waals surface area (Å²) in [6.07, 6.45) is 6.83. The highest BCUT2D eigenvalue weighted by atomic mass is 79.9. The summed E-state index contributed by atoms with van der Waals surface area (Å²) in [7, 11) is 0. The monoisotopic (exact) mass is 329 g/mol. The Balaban J connectivity index is 2.22. The molecule has 1 N–H and O–H groups in total. The van der Waals surface area contributed by atoms with Crippen molar-refractivity contribution in [3.8, 4) is 0 Å². The smallest absolute Gasteiger partial charge is 0.0417 e. The van der Waals surface area contributed by atoms with Crippen molar-refractivity contribution in [1.82, 2.24) is 5.32 Å². The molecular weight excluding hydrogens is 310 g/mol. The minimum Gasteiger partial charge on any atom is -0.310 e. The lowest BCUT2D eigenvalue weighted by atomic mass is 9.81. The summed E-state index contributed by atoms with van der Waals surface area (Å²) in [4.78, 5) is 0. The van der Waals surface area contributed by atoms with Crippen molar-refractivity contribution >= 4 is 27.5 Å². The predicted octanol–water partition coefficient (Wildman–Crippen LogP) is 5.33. The summed E-state index contributed by atoms with van der Waals surface area (Å²) in [5, 5.41) is 4.45. The summed E-state index contributed by atoms with van der Waals surface area (Å²) >= 11 is 9.69. The van der Waals surface area contributed by atoms with Crippen LogP contribution in [0.3, 0.4) is 0 Å². The largest absolute Gasteiger partial charge is 0.310 e. The van der Waals surface area contributed by atoms with E-state index in [4.69, 9.17) is 11.6 Å². The van der Waals surface area contributed by atoms with Gasteiger partial charge in [0, 0.05) is 15.5 Å². The number of hydrogen-bond donors (Lipinski definition) is 1. The van der Waals surface area contributed by atoms with Crippen LogP contribution in [0.5, 0.6) is 0 Å². The molecule has 100 valence electrons. The van der Waals surface area contributed by atoms with Crippen molar-refractivity contribution < 1.29 is 0 Å². The van der Waals surface area contributed by atoms with Gasteiger partial charge in [0.25, 0.3) is 0 Å². The summed E-state index contributed by atoms with van der Waals surface area (Å²) < 4.78 is 1.13. The third kappa shape index (κ3) is 3.49. The maximum Gasteiger partial charge on any atom is 0.0417 e. The quantitative estimate of drug-likeness (QED) is 0.786. The topological polar surface area (TPSA) is 12.0 Å². The molecule has 1 saturated carbocycles. The Morgan fingerprint density at radius 2 is 2.06 bits per heavy atom. The molecule has 1 aliphatic carbocycles. The van der Waals surface area contributed by atoms with Gasteiger partial charge in [-0.05, 0) is 43.0 Å². The lowest BCUT2D eigenvalue weighted by Crippen LogP contribution is -2.29. The van der Waals surface area contributed by atoms with Crippen LogP contribution in [0.15, 0.2) is 22.7 Å². The van der Waals surface area contributed by atoms with Crippen LogP contribution >= 0.6 is 27.5 Å². The van der Waals surface area contributed by atoms with E-state index in [9.17, 15) is 0 Å². The number of halogens is 2. The summed E-state index contributed by atoms with van der Waals surface area (Å²) in [5.41, 5.74) is 1.35. The maximum atomic E-state index is 6.03. The number of rotatable bonds is 4. The van der Waals surface area contributed by atoms with Crippen LogP contribution in [0.4, 0.5) is 0 Å². The molecule has 18 heavy (non-hydrogen) atoms. The van der Waals surface area contributed by atoms with Gasteiger partial charge in [-0.25, -0.2) is 0 Å². The second-order valence-corrected chi connectivity index (χ2v) is 6.39. The van der Waals surface area contributed by atoms with E-state index in [1.807, 2.05) is 12.1 Å². The van der Waals surface area contributed by atoms with E-state index in [2.05, 4.69) is 34.2 Å². The van der Waals surface area contributed by atoms with E-state index >= 15 is 0 Å². The van der Waals surface area contributed by atoms with Crippen molar-refractivity contribution in [3.05, 3.63) is 33.3 Å². The average Bonchev–Trinajstić information content (AvgIpc) is 2.38. The van der Waals surface area contributed by atoms with Gasteiger partial charge in [0.1, 0.15) is 0 Å². The summed E-state index contributed by atoms with van der Waals surface area (Å²) in [6.45, 7) is 3.19. The van der Waals surface area contributed by atoms with Gasteiger partial charge < -0.3 is 5.32 Å². The highest BCUT2D eigenvalue weighted by Crippen LogP contribution is 2.37. The fourth-order valence-corrected chi connectivity index (χ4v) is 3.90. The van der Waals surface area contributed by atoms with Crippen molar-refractivity contribution in [1.29, 1.82) is 0 Å². The van der Waals surface area contributed by atoms with E-state index in [-0.39, 0.29) is 0 Å². The molecular formula is C15H21BrClN. The molecule has 0 aliphatic heterocycles. The van der Waals surface area contributed by atoms with E-state index < -0.39 is 0 Å². The first kappa shape index (κ1) is 14.4. The predicted molar refractivity (Wildman–Crippen MR) is 82.1 cm³/mol. The van der Waals surface area contributed by atoms with E-state index in [1.165, 1.54) is 37.7 Å². The first-order valence-electron chi connectivity index (χ1n) is 6.90. The molecule has 0 radical (unpaired) electrons. The Labute approximate surface area is 123 Å². The molecule has 0 saturated heterocycles. The number of nitrogens with one attached hydrogen (secondary N) is 1. The highest BCUT2D eigenvalue weighted by molar-refractivity contribution is 9.10. The van der Waals surface area contributed by atoms with Crippen LogP contribution in [-0.4, -0.2) is 6.54 Å². The van der Waals surface area contributed by atoms with Crippen LogP contribution in [0.2, 0.25) is 5.02 Å². The van der Waals surface area contributed by atoms with Crippen LogP contribution in [0, 0.1) is 5.92 Å². The summed E-state index contributed by atoms with van der Waals surface area (Å²) in [5.74, 6) is 0.760. The molecule has 0 amide bonds. The minimum absolute atomic E-state index is 0.460. The van der Waals surface area contributed by atoms with Crippen LogP contribution in [0.25, 0.3) is 0 Å². The molecule has 0 aromatic heterocycles. The fourth-order valence-electron chi connectivity index (χ4n) is 2.97. The third-order valence-corrected chi connectivity index (χ3v) is 4.76. The highest BCUT2D eigenvalue weighted by Gasteiger charge is 2.25. The van der Waals surface area contributed by atoms with Crippen molar-refractivity contribution in [3.63, 3.8) is 0 Å². The molecule has 1 atom stereocenters. The first-order chi connectivity index (χ1) is 8.72. The van der Waals surface area contributed by atoms with E-state index in [0.717, 1.165) is 22.0 Å². The Hall–Kier alpha value is -0.0500. The number of benzene rings is 1. The molecule has 1 unspecified atom stereocenters. The average molecular weight is 331 g/mol. The normalized spacial score (nSPS) is 18.8. The van der Waals surface area contributed by atoms with Gasteiger partial charge in [0.2, 0.25) is 0 Å². The zero-order valence-electron chi connectivity index (χ0n) is 10.9. The second-order valence-electron chi connectivity index (χ2n) is 5.10. The molecule has 0 spiro atoms. The van der Waals surface area contributed by atoms with Crippen LogP contribution in [0.1, 0.15) is 50.6 Å². The molecule has 1 aromatic carbocycles. The zero-order valence-corrected chi connectivity index (χ0v) is 13.2. The Bertz CT molecular complexity index is 388. The second kappa shape index (κ2) is 6.93. The molecule has 1 aliphatic rings. The third-order valence-electron chi connectivity index (χ3n) is 3.84. The first-order valence-corrected chi connectivity index (χ1v) is 8.07. The molecule has 1 aromatic rings. The van der Waals surface area contributed by atoms with Gasteiger partial charge >= 0.3 is 0 Å². The lowest BCUT2D eigenvalue weighted by molar-refractivity contribution is 0.274. The minimum atomic E-state index is 0.460. The Morgan fingerprint density at radius 1 is 1.33 bits per heavy atom. The van der Waals surface area contributed by atoms with Crippen molar-refractivity contribution in [2.45, 2.75) is 45.1 Å². The zero-order chi connectivity index (χ0) is 13.0. The summed E-state index contributed by atoms with van der Waals surface area (Å²) in [6, 6.07) is 6.62. The van der Waals surface area contributed by atoms with Gasteiger partial charge in [-0.3, -0.25) is 0 Å². The number of hydrogen-bond acceptors (Lipinski definition) is 1. The van der Waals surface area contributed by atoms with Gasteiger partial charge in [-0.15, -0.1) is 0 Å². The van der Waals surface area contributed by atoms with Gasteiger partial charge in [-0.2, -0.15) is 0 Å². The maximum absolute atomic E-state index is 6.03. The lowest BCUT2D eigenvalue weighted by Gasteiger charge is -2.32. The van der Waals surface area contributed by atoms with Crippen molar-refractivity contribution in [2.24, 2.45) is 5.92 Å². The van der Waals surface area contributed by atoms with Crippen LogP contribution < -0.4 is 5.32 Å². The van der Waals surface area contributed by atoms with Crippen LogP contribution in [-0.2, 0) is 0 Å². The molecule has 1 fully saturated rings. The van der Waals surface area contributed by atoms with E-state index in [0.29, 0.717) is 6.04 Å². The molecule has 1 nitrogen and oxygen atoms in total. The van der Waals surface area contributed by atoms with Gasteiger partial charge in [-0.1, -0.05) is 59.8 Å². The standard InChI is InChI=1S/C15H21BrClN/c1-2-18-15(11-6-4-3-5-7-11)13-9-8-12(17)10-14(13)16/h8-11,15,18H,2-7H2,1H3.